The summed E-state index contributed by atoms with van der Waals surface area (Å²) in [6, 6.07) is 7.03. The van der Waals surface area contributed by atoms with Gasteiger partial charge in [-0.05, 0) is 49.1 Å². The normalized spacial score (nSPS) is 14.3. The Hall–Kier alpha value is -3.00. The molecule has 1 aliphatic heterocycles. The molecule has 1 aromatic carbocycles. The van der Waals surface area contributed by atoms with Crippen LogP contribution < -0.4 is 10.6 Å². The van der Waals surface area contributed by atoms with Gasteiger partial charge in [-0.1, -0.05) is 11.6 Å². The number of pyridine rings is 1. The van der Waals surface area contributed by atoms with Crippen LogP contribution in [0.3, 0.4) is 0 Å². The van der Waals surface area contributed by atoms with Crippen LogP contribution in [0, 0.1) is 11.7 Å². The maximum atomic E-state index is 13.1. The van der Waals surface area contributed by atoms with E-state index in [2.05, 4.69) is 15.6 Å². The fourth-order valence-electron chi connectivity index (χ4n) is 3.10. The molecule has 0 unspecified atom stereocenters. The minimum Gasteiger partial charge on any atom is -0.348 e. The largest absolute Gasteiger partial charge is 0.348 e. The maximum Gasteiger partial charge on any atom is 0.313 e. The number of anilines is 1. The second-order valence-corrected chi connectivity index (χ2v) is 7.17. The minimum absolute atomic E-state index is 0.0350. The Kier molecular flexibility index (Phi) is 6.77. The quantitative estimate of drug-likeness (QED) is 0.746. The van der Waals surface area contributed by atoms with Gasteiger partial charge in [0.15, 0.2) is 0 Å². The topological polar surface area (TPSA) is 91.4 Å². The van der Waals surface area contributed by atoms with Gasteiger partial charge in [-0.25, -0.2) is 4.39 Å². The van der Waals surface area contributed by atoms with Crippen molar-refractivity contribution in [3.8, 4) is 0 Å². The summed E-state index contributed by atoms with van der Waals surface area (Å²) >= 11 is 5.65. The Balaban J connectivity index is 1.42. The molecule has 0 radical (unpaired) electrons. The summed E-state index contributed by atoms with van der Waals surface area (Å²) in [5, 5.41) is 4.84. The standard InChI is InChI=1S/C20H20ClFN4O3/c21-16-11-15(1-2-17(16)22)25-19(28)18(27)24-12-13-5-9-26(10-6-13)20(29)14-3-7-23-8-4-14/h1-4,7-8,11,13H,5-6,9-10,12H2,(H,24,27)(H,25,28). The highest BCUT2D eigenvalue weighted by atomic mass is 35.5. The molecule has 152 valence electrons. The number of halogens is 2. The molecule has 1 fully saturated rings. The molecule has 1 saturated heterocycles. The van der Waals surface area contributed by atoms with E-state index in [1.165, 1.54) is 12.1 Å². The van der Waals surface area contributed by atoms with Crippen LogP contribution in [0.15, 0.2) is 42.7 Å². The number of carbonyl (C=O) groups excluding carboxylic acids is 3. The third-order valence-corrected chi connectivity index (χ3v) is 5.05. The maximum absolute atomic E-state index is 13.1. The van der Waals surface area contributed by atoms with Gasteiger partial charge in [-0.3, -0.25) is 19.4 Å². The number of amides is 3. The zero-order valence-electron chi connectivity index (χ0n) is 15.5. The van der Waals surface area contributed by atoms with Gasteiger partial charge in [0.05, 0.1) is 5.02 Å². The Labute approximate surface area is 172 Å². The lowest BCUT2D eigenvalue weighted by Crippen LogP contribution is -2.43. The molecule has 1 aromatic heterocycles. The van der Waals surface area contributed by atoms with Crippen LogP contribution >= 0.6 is 11.6 Å². The summed E-state index contributed by atoms with van der Waals surface area (Å²) in [4.78, 5) is 42.1. The number of aromatic nitrogens is 1. The van der Waals surface area contributed by atoms with Crippen molar-refractivity contribution >= 4 is 35.0 Å². The molecule has 0 saturated carbocycles. The summed E-state index contributed by atoms with van der Waals surface area (Å²) in [6.45, 7) is 1.51. The Morgan fingerprint density at radius 1 is 1.10 bits per heavy atom. The van der Waals surface area contributed by atoms with Crippen LogP contribution in [-0.2, 0) is 9.59 Å². The average molecular weight is 419 g/mol. The molecule has 3 amide bonds. The van der Waals surface area contributed by atoms with Crippen molar-refractivity contribution < 1.29 is 18.8 Å². The fourth-order valence-corrected chi connectivity index (χ4v) is 3.28. The van der Waals surface area contributed by atoms with Gasteiger partial charge in [-0.15, -0.1) is 0 Å². The zero-order chi connectivity index (χ0) is 20.8. The average Bonchev–Trinajstić information content (AvgIpc) is 2.75. The van der Waals surface area contributed by atoms with Crippen LogP contribution in [0.2, 0.25) is 5.02 Å². The first kappa shape index (κ1) is 20.7. The molecular weight excluding hydrogens is 399 g/mol. The Bertz CT molecular complexity index is 902. The van der Waals surface area contributed by atoms with Gasteiger partial charge in [0, 0.05) is 43.3 Å². The summed E-state index contributed by atoms with van der Waals surface area (Å²) < 4.78 is 13.1. The molecule has 2 N–H and O–H groups in total. The number of hydrogen-bond acceptors (Lipinski definition) is 4. The molecular formula is C20H20ClFN4O3. The first-order chi connectivity index (χ1) is 13.9. The highest BCUT2D eigenvalue weighted by molar-refractivity contribution is 6.39. The van der Waals surface area contributed by atoms with Crippen molar-refractivity contribution in [2.24, 2.45) is 5.92 Å². The molecule has 2 heterocycles. The van der Waals surface area contributed by atoms with E-state index >= 15 is 0 Å². The third-order valence-electron chi connectivity index (χ3n) is 4.76. The lowest BCUT2D eigenvalue weighted by molar-refractivity contribution is -0.136. The number of piperidine rings is 1. The first-order valence-electron chi connectivity index (χ1n) is 9.17. The first-order valence-corrected chi connectivity index (χ1v) is 9.55. The lowest BCUT2D eigenvalue weighted by atomic mass is 9.96. The van der Waals surface area contributed by atoms with Crippen molar-refractivity contribution in [3.05, 3.63) is 59.1 Å². The number of carbonyl (C=O) groups is 3. The van der Waals surface area contributed by atoms with Crippen LogP contribution in [0.5, 0.6) is 0 Å². The fraction of sp³-hybridized carbons (Fsp3) is 0.300. The molecule has 7 nitrogen and oxygen atoms in total. The van der Waals surface area contributed by atoms with Crippen LogP contribution in [0.4, 0.5) is 10.1 Å². The SMILES string of the molecule is O=C(NCC1CCN(C(=O)c2ccncc2)CC1)C(=O)Nc1ccc(F)c(Cl)c1. The van der Waals surface area contributed by atoms with E-state index in [0.29, 0.717) is 25.2 Å². The number of hydrogen-bond donors (Lipinski definition) is 2. The molecule has 0 aliphatic carbocycles. The molecule has 2 aromatic rings. The van der Waals surface area contributed by atoms with E-state index in [-0.39, 0.29) is 22.5 Å². The molecule has 9 heteroatoms. The van der Waals surface area contributed by atoms with E-state index in [1.54, 1.807) is 29.4 Å². The molecule has 3 rings (SSSR count). The Morgan fingerprint density at radius 3 is 2.45 bits per heavy atom. The van der Waals surface area contributed by atoms with Gasteiger partial charge in [-0.2, -0.15) is 0 Å². The predicted octanol–water partition coefficient (Wildman–Crippen LogP) is 2.48. The third kappa shape index (κ3) is 5.51. The van der Waals surface area contributed by atoms with Crippen LogP contribution in [-0.4, -0.2) is 47.2 Å². The van der Waals surface area contributed by atoms with Gasteiger partial charge < -0.3 is 15.5 Å². The van der Waals surface area contributed by atoms with Crippen LogP contribution in [0.1, 0.15) is 23.2 Å². The molecule has 0 atom stereocenters. The second kappa shape index (κ2) is 9.47. The molecule has 0 spiro atoms. The number of benzene rings is 1. The van der Waals surface area contributed by atoms with Crippen LogP contribution in [0.25, 0.3) is 0 Å². The van der Waals surface area contributed by atoms with Crippen molar-refractivity contribution in [2.45, 2.75) is 12.8 Å². The van der Waals surface area contributed by atoms with Crippen molar-refractivity contribution in [3.63, 3.8) is 0 Å². The van der Waals surface area contributed by atoms with Gasteiger partial charge in [0.25, 0.3) is 5.91 Å². The predicted molar refractivity (Wildman–Crippen MR) is 106 cm³/mol. The summed E-state index contributed by atoms with van der Waals surface area (Å²) in [5.41, 5.74) is 0.837. The van der Waals surface area contributed by atoms with Crippen molar-refractivity contribution in [2.75, 3.05) is 25.0 Å². The number of likely N-dealkylation sites (tertiary alicyclic amines) is 1. The van der Waals surface area contributed by atoms with Gasteiger partial charge >= 0.3 is 11.8 Å². The molecule has 0 bridgehead atoms. The number of rotatable bonds is 4. The van der Waals surface area contributed by atoms with E-state index in [9.17, 15) is 18.8 Å². The molecule has 1 aliphatic rings. The number of nitrogens with zero attached hydrogens (tertiary/aromatic N) is 2. The van der Waals surface area contributed by atoms with Crippen molar-refractivity contribution in [1.82, 2.24) is 15.2 Å². The van der Waals surface area contributed by atoms with E-state index < -0.39 is 17.6 Å². The summed E-state index contributed by atoms with van der Waals surface area (Å²) in [5.74, 6) is -2.10. The minimum atomic E-state index is -0.849. The van der Waals surface area contributed by atoms with Gasteiger partial charge in [0.2, 0.25) is 0 Å². The smallest absolute Gasteiger partial charge is 0.313 e. The highest BCUT2D eigenvalue weighted by Crippen LogP contribution is 2.20. The lowest BCUT2D eigenvalue weighted by Gasteiger charge is -2.32. The summed E-state index contributed by atoms with van der Waals surface area (Å²) in [7, 11) is 0. The zero-order valence-corrected chi connectivity index (χ0v) is 16.3. The summed E-state index contributed by atoms with van der Waals surface area (Å²) in [6.07, 6.45) is 4.62. The Morgan fingerprint density at radius 2 is 1.79 bits per heavy atom. The second-order valence-electron chi connectivity index (χ2n) is 6.76. The van der Waals surface area contributed by atoms with E-state index in [4.69, 9.17) is 11.6 Å². The molecule has 29 heavy (non-hydrogen) atoms. The van der Waals surface area contributed by atoms with E-state index in [1.807, 2.05) is 0 Å². The van der Waals surface area contributed by atoms with E-state index in [0.717, 1.165) is 18.9 Å². The van der Waals surface area contributed by atoms with Crippen molar-refractivity contribution in [1.29, 1.82) is 0 Å². The monoisotopic (exact) mass is 418 g/mol. The highest BCUT2D eigenvalue weighted by Gasteiger charge is 2.24. The number of nitrogens with one attached hydrogen (secondary N) is 2. The van der Waals surface area contributed by atoms with Gasteiger partial charge in [0.1, 0.15) is 5.82 Å².